The van der Waals surface area contributed by atoms with E-state index in [-0.39, 0.29) is 74.8 Å². The van der Waals surface area contributed by atoms with Crippen molar-refractivity contribution in [1.29, 1.82) is 0 Å². The maximum atomic E-state index is 14.6. The Kier molecular flexibility index (Phi) is 25.5. The van der Waals surface area contributed by atoms with Crippen molar-refractivity contribution in [2.75, 3.05) is 31.1 Å². The van der Waals surface area contributed by atoms with Gasteiger partial charge in [-0.2, -0.15) is 0 Å². The van der Waals surface area contributed by atoms with Gasteiger partial charge in [-0.25, -0.2) is 0 Å². The Balaban J connectivity index is 1.70. The molecule has 0 aromatic heterocycles. The van der Waals surface area contributed by atoms with Gasteiger partial charge in [0.15, 0.2) is 5.96 Å². The van der Waals surface area contributed by atoms with Crippen LogP contribution < -0.4 is 70.6 Å². The van der Waals surface area contributed by atoms with E-state index in [1.54, 1.807) is 63.2 Å². The summed E-state index contributed by atoms with van der Waals surface area (Å²) in [4.78, 5) is 167. The fourth-order valence-corrected chi connectivity index (χ4v) is 10.2. The number of nitrogens with zero attached hydrogens (tertiary/aromatic N) is 2. The zero-order chi connectivity index (χ0) is 59.1. The Morgan fingerprint density at radius 1 is 0.738 bits per heavy atom. The number of nitrogens with one attached hydrogen (secondary N) is 7. The average molecular weight is 1150 g/mol. The Hall–Kier alpha value is -7.95. The number of aliphatic imine (C=N–C) groups is 1. The minimum atomic E-state index is -1.79. The van der Waals surface area contributed by atoms with Crippen LogP contribution in [0.1, 0.15) is 83.3 Å². The van der Waals surface area contributed by atoms with Crippen LogP contribution in [0.25, 0.3) is 0 Å². The molecular formula is C51H72N14O13S2. The molecule has 2 aromatic carbocycles. The second-order valence-electron chi connectivity index (χ2n) is 20.0. The summed E-state index contributed by atoms with van der Waals surface area (Å²) in [5, 5.41) is 18.0. The van der Waals surface area contributed by atoms with Crippen LogP contribution in [-0.2, 0) is 70.4 Å². The number of amides is 11. The van der Waals surface area contributed by atoms with Crippen LogP contribution in [0.2, 0.25) is 0 Å². The Bertz CT molecular complexity index is 2600. The highest BCUT2D eigenvalue weighted by atomic mass is 33.1. The van der Waals surface area contributed by atoms with Crippen molar-refractivity contribution in [1.82, 2.24) is 42.1 Å². The predicted molar refractivity (Wildman–Crippen MR) is 296 cm³/mol. The fourth-order valence-electron chi connectivity index (χ4n) is 8.10. The Morgan fingerprint density at radius 2 is 1.34 bits per heavy atom. The van der Waals surface area contributed by atoms with Crippen LogP contribution >= 0.6 is 21.6 Å². The average Bonchev–Trinajstić information content (AvgIpc) is 3.94. The summed E-state index contributed by atoms with van der Waals surface area (Å²) in [6.45, 7) is 4.67. The SMILES string of the molecule is CC(C)(C)C(=O)Oc1ccc(C[C@@H]2NC(=O)CCSSC[C@@H](C(=O)N3CCC[C@H]3C(=O)N[C@H](CCCN=C(N)N)C(=O)NCC(N)=O)NC(=O)[C@H](CC(N)=O)NC(=O)[C@H](CCC(N)=O)NC(=O)[C@H](Cc3ccccc3)NC2=O)cc1. The van der Waals surface area contributed by atoms with Gasteiger partial charge < -0.3 is 75.5 Å². The lowest BCUT2D eigenvalue weighted by Crippen LogP contribution is -2.61. The van der Waals surface area contributed by atoms with Gasteiger partial charge in [-0.05, 0) is 76.1 Å². The quantitative estimate of drug-likeness (QED) is 0.0156. The molecule has 2 aliphatic heterocycles. The van der Waals surface area contributed by atoms with E-state index >= 15 is 0 Å². The third kappa shape index (κ3) is 22.1. The summed E-state index contributed by atoms with van der Waals surface area (Å²) in [6, 6.07) is 4.72. The number of hydrogen-bond donors (Lipinski definition) is 12. The molecule has 17 N–H and O–H groups in total. The molecule has 0 aliphatic carbocycles. The standard InChI is InChI=1S/C51H72N14O13S2/c1-51(2,3)49(77)78-30-15-13-29(14-16-30)24-33-44(72)62-34(23-28-9-5-4-6-10-28)45(73)60-32(17-18-38(52)66)43(71)63-35(25-39(53)67)46(74)64-36(27-80-79-22-19-41(69)59-33)48(76)65-21-8-12-37(65)47(75)61-31(11-7-20-57-50(55)56)42(70)58-26-40(54)68/h4-6,9-10,13-16,31-37H,7-8,11-12,17-27H2,1-3H3,(H2,52,66)(H2,53,67)(H2,54,68)(H,58,70)(H,59,69)(H,60,73)(H,61,75)(H,62,72)(H,63,71)(H,64,74)(H4,55,56,57)/t31-,32+,33+,34+,35+,36+,37+/m1/s1. The third-order valence-electron chi connectivity index (χ3n) is 12.3. The van der Waals surface area contributed by atoms with Crippen molar-refractivity contribution in [3.63, 3.8) is 0 Å². The minimum Gasteiger partial charge on any atom is -0.426 e. The van der Waals surface area contributed by atoms with Crippen LogP contribution in [-0.4, -0.2) is 155 Å². The van der Waals surface area contributed by atoms with E-state index in [4.69, 9.17) is 33.4 Å². The number of rotatable bonds is 20. The number of ether oxygens (including phenoxy) is 1. The highest BCUT2D eigenvalue weighted by Gasteiger charge is 2.40. The first-order chi connectivity index (χ1) is 37.8. The summed E-state index contributed by atoms with van der Waals surface area (Å²) < 4.78 is 5.49. The van der Waals surface area contributed by atoms with Crippen molar-refractivity contribution in [2.24, 2.45) is 39.1 Å². The first kappa shape index (κ1) is 64.6. The van der Waals surface area contributed by atoms with Crippen molar-refractivity contribution in [2.45, 2.75) is 127 Å². The van der Waals surface area contributed by atoms with Gasteiger partial charge in [-0.15, -0.1) is 0 Å². The highest BCUT2D eigenvalue weighted by Crippen LogP contribution is 2.26. The van der Waals surface area contributed by atoms with Crippen molar-refractivity contribution in [3.8, 4) is 5.75 Å². The number of esters is 1. The number of carbonyl (C=O) groups is 12. The Morgan fingerprint density at radius 3 is 1.95 bits per heavy atom. The van der Waals surface area contributed by atoms with Crippen LogP contribution in [0.15, 0.2) is 59.6 Å². The molecule has 0 bridgehead atoms. The van der Waals surface area contributed by atoms with Gasteiger partial charge >= 0.3 is 5.97 Å². The van der Waals surface area contributed by atoms with E-state index in [9.17, 15) is 57.5 Å². The molecule has 0 saturated carbocycles. The number of nitrogens with two attached hydrogens (primary N) is 5. The molecule has 4 rings (SSSR count). The van der Waals surface area contributed by atoms with E-state index in [1.165, 1.54) is 17.0 Å². The van der Waals surface area contributed by atoms with E-state index in [2.05, 4.69) is 42.2 Å². The molecule has 2 aromatic rings. The van der Waals surface area contributed by atoms with Crippen LogP contribution in [0.3, 0.4) is 0 Å². The van der Waals surface area contributed by atoms with E-state index in [1.807, 2.05) is 0 Å². The predicted octanol–water partition coefficient (Wildman–Crippen LogP) is -3.10. The summed E-state index contributed by atoms with van der Waals surface area (Å²) in [6.07, 6.45) is -1.48. The van der Waals surface area contributed by atoms with Gasteiger partial charge in [0.25, 0.3) is 0 Å². The molecule has 80 heavy (non-hydrogen) atoms. The molecular weight excluding hydrogens is 1080 g/mol. The lowest BCUT2D eigenvalue weighted by molar-refractivity contribution is -0.143. The van der Waals surface area contributed by atoms with Gasteiger partial charge in [0.1, 0.15) is 48.0 Å². The molecule has 0 spiro atoms. The minimum absolute atomic E-state index is 0.00616. The summed E-state index contributed by atoms with van der Waals surface area (Å²) in [7, 11) is 2.17. The maximum Gasteiger partial charge on any atom is 0.316 e. The van der Waals surface area contributed by atoms with Crippen molar-refractivity contribution < 1.29 is 62.3 Å². The molecule has 436 valence electrons. The van der Waals surface area contributed by atoms with Crippen LogP contribution in [0, 0.1) is 5.41 Å². The van der Waals surface area contributed by atoms with E-state index in [0.29, 0.717) is 17.5 Å². The number of primary amides is 3. The first-order valence-corrected chi connectivity index (χ1v) is 28.2. The van der Waals surface area contributed by atoms with Gasteiger partial charge in [0, 0.05) is 50.3 Å². The molecule has 2 saturated heterocycles. The molecule has 0 radical (unpaired) electrons. The number of hydrogen-bond acceptors (Lipinski definition) is 16. The lowest BCUT2D eigenvalue weighted by atomic mass is 9.97. The molecule has 0 unspecified atom stereocenters. The first-order valence-electron chi connectivity index (χ1n) is 25.7. The number of likely N-dealkylation sites (tertiary alicyclic amines) is 1. The Labute approximate surface area is 470 Å². The molecule has 2 aliphatic rings. The van der Waals surface area contributed by atoms with Crippen molar-refractivity contribution in [3.05, 3.63) is 65.7 Å². The second kappa shape index (κ2) is 31.6. The number of carbonyl (C=O) groups excluding carboxylic acids is 12. The van der Waals surface area contributed by atoms with Gasteiger partial charge in [0.2, 0.25) is 65.0 Å². The highest BCUT2D eigenvalue weighted by molar-refractivity contribution is 8.76. The monoisotopic (exact) mass is 1150 g/mol. The van der Waals surface area contributed by atoms with Gasteiger partial charge in [-0.1, -0.05) is 64.1 Å². The topological polar surface area (TPSA) is 444 Å². The normalized spacial score (nSPS) is 21.1. The second-order valence-corrected chi connectivity index (χ2v) is 22.6. The summed E-state index contributed by atoms with van der Waals surface area (Å²) >= 11 is 0. The van der Waals surface area contributed by atoms with Gasteiger partial charge in [-0.3, -0.25) is 62.5 Å². The van der Waals surface area contributed by atoms with E-state index < -0.39 is 144 Å². The summed E-state index contributed by atoms with van der Waals surface area (Å²) in [5.41, 5.74) is 27.4. The maximum absolute atomic E-state index is 14.6. The van der Waals surface area contributed by atoms with Crippen LogP contribution in [0.5, 0.6) is 5.75 Å². The molecule has 7 atom stereocenters. The largest absolute Gasteiger partial charge is 0.426 e. The van der Waals surface area contributed by atoms with Crippen molar-refractivity contribution >= 4 is 98.5 Å². The van der Waals surface area contributed by atoms with E-state index in [0.717, 1.165) is 21.6 Å². The third-order valence-corrected chi connectivity index (χ3v) is 14.7. The zero-order valence-corrected chi connectivity index (χ0v) is 46.4. The van der Waals surface area contributed by atoms with Crippen LogP contribution in [0.4, 0.5) is 0 Å². The summed E-state index contributed by atoms with van der Waals surface area (Å²) in [5.74, 6) is -10.1. The number of benzene rings is 2. The molecule has 27 nitrogen and oxygen atoms in total. The molecule has 29 heteroatoms. The zero-order valence-electron chi connectivity index (χ0n) is 44.7. The fraction of sp³-hybridized carbons (Fsp3) is 0.510. The molecule has 2 fully saturated rings. The molecule has 2 heterocycles. The van der Waals surface area contributed by atoms with Gasteiger partial charge in [0.05, 0.1) is 18.4 Å². The number of guanidine groups is 1. The molecule has 11 amide bonds. The smallest absolute Gasteiger partial charge is 0.316 e. The lowest BCUT2D eigenvalue weighted by Gasteiger charge is -2.31.